The zero-order chi connectivity index (χ0) is 13.7. The van der Waals surface area contributed by atoms with Crippen LogP contribution in [0.2, 0.25) is 0 Å². The fraction of sp³-hybridized carbons (Fsp3) is 0.625. The highest BCUT2D eigenvalue weighted by Gasteiger charge is 2.25. The summed E-state index contributed by atoms with van der Waals surface area (Å²) in [5.74, 6) is 0.910. The molecule has 1 saturated heterocycles. The van der Waals surface area contributed by atoms with Gasteiger partial charge < -0.3 is 15.4 Å². The Morgan fingerprint density at radius 1 is 1.26 bits per heavy atom. The summed E-state index contributed by atoms with van der Waals surface area (Å²) >= 11 is 0. The Morgan fingerprint density at radius 3 is 2.68 bits per heavy atom. The number of anilines is 1. The second-order valence-corrected chi connectivity index (χ2v) is 6.31. The third-order valence-electron chi connectivity index (χ3n) is 3.75. The number of nitrogens with two attached hydrogens (primary N) is 1. The quantitative estimate of drug-likeness (QED) is 0.654. The number of nitrogen functional groups attached to an aromatic ring is 1. The molecular formula is C16H26N2O. The van der Waals surface area contributed by atoms with Crippen molar-refractivity contribution in [2.24, 2.45) is 5.41 Å². The molecule has 1 fully saturated rings. The van der Waals surface area contributed by atoms with Crippen molar-refractivity contribution in [1.29, 1.82) is 0 Å². The van der Waals surface area contributed by atoms with E-state index in [1.807, 2.05) is 24.3 Å². The summed E-state index contributed by atoms with van der Waals surface area (Å²) in [6, 6.07) is 7.61. The number of nitrogens with zero attached hydrogens (tertiary/aromatic N) is 1. The van der Waals surface area contributed by atoms with Crippen molar-refractivity contribution in [1.82, 2.24) is 4.90 Å². The summed E-state index contributed by atoms with van der Waals surface area (Å²) in [7, 11) is 0. The fourth-order valence-corrected chi connectivity index (χ4v) is 2.78. The van der Waals surface area contributed by atoms with Crippen LogP contribution < -0.4 is 10.5 Å². The van der Waals surface area contributed by atoms with Crippen molar-refractivity contribution in [3.8, 4) is 5.75 Å². The average molecular weight is 262 g/mol. The molecular weight excluding hydrogens is 236 g/mol. The predicted molar refractivity (Wildman–Crippen MR) is 80.4 cm³/mol. The molecule has 0 unspecified atom stereocenters. The van der Waals surface area contributed by atoms with Gasteiger partial charge in [-0.05, 0) is 55.5 Å². The maximum atomic E-state index is 5.72. The summed E-state index contributed by atoms with van der Waals surface area (Å²) in [6.07, 6.45) is 3.76. The molecule has 1 aromatic carbocycles. The molecule has 0 aliphatic carbocycles. The van der Waals surface area contributed by atoms with Crippen LogP contribution in [-0.2, 0) is 0 Å². The molecule has 1 heterocycles. The molecule has 106 valence electrons. The van der Waals surface area contributed by atoms with Gasteiger partial charge in [-0.15, -0.1) is 0 Å². The molecule has 0 saturated carbocycles. The van der Waals surface area contributed by atoms with Crippen LogP contribution in [0.1, 0.15) is 33.1 Å². The molecule has 0 spiro atoms. The Morgan fingerprint density at radius 2 is 2.00 bits per heavy atom. The van der Waals surface area contributed by atoms with Crippen LogP contribution in [0, 0.1) is 5.41 Å². The van der Waals surface area contributed by atoms with E-state index in [9.17, 15) is 0 Å². The van der Waals surface area contributed by atoms with Crippen LogP contribution in [0.4, 0.5) is 5.69 Å². The van der Waals surface area contributed by atoms with E-state index in [1.165, 1.54) is 25.9 Å². The Balaban J connectivity index is 1.65. The number of rotatable bonds is 5. The largest absolute Gasteiger partial charge is 0.494 e. The molecule has 0 atom stereocenters. The molecule has 3 heteroatoms. The lowest BCUT2D eigenvalue weighted by molar-refractivity contribution is 0.111. The van der Waals surface area contributed by atoms with Crippen molar-refractivity contribution in [3.63, 3.8) is 0 Å². The first kappa shape index (κ1) is 14.2. The molecule has 1 aliphatic heterocycles. The summed E-state index contributed by atoms with van der Waals surface area (Å²) in [5.41, 5.74) is 6.90. The molecule has 0 amide bonds. The number of benzene rings is 1. The van der Waals surface area contributed by atoms with Gasteiger partial charge in [-0.2, -0.15) is 0 Å². The van der Waals surface area contributed by atoms with Crippen LogP contribution in [0.15, 0.2) is 24.3 Å². The second kappa shape index (κ2) is 6.29. The van der Waals surface area contributed by atoms with E-state index in [2.05, 4.69) is 18.7 Å². The van der Waals surface area contributed by atoms with Gasteiger partial charge in [-0.25, -0.2) is 0 Å². The molecule has 0 aromatic heterocycles. The standard InChI is InChI=1S/C16H26N2O/c1-16(2)9-3-10-18(13-16)11-4-12-19-15-7-5-14(17)6-8-15/h5-8H,3-4,9-13,17H2,1-2H3. The molecule has 3 nitrogen and oxygen atoms in total. The molecule has 0 radical (unpaired) electrons. The highest BCUT2D eigenvalue weighted by Crippen LogP contribution is 2.28. The van der Waals surface area contributed by atoms with Gasteiger partial charge in [0.15, 0.2) is 0 Å². The summed E-state index contributed by atoms with van der Waals surface area (Å²) in [4.78, 5) is 2.57. The first-order valence-electron chi connectivity index (χ1n) is 7.26. The minimum atomic E-state index is 0.482. The Hall–Kier alpha value is -1.22. The molecule has 1 aliphatic rings. The molecule has 0 bridgehead atoms. The van der Waals surface area contributed by atoms with E-state index >= 15 is 0 Å². The third kappa shape index (κ3) is 4.75. The van der Waals surface area contributed by atoms with E-state index in [-0.39, 0.29) is 0 Å². The van der Waals surface area contributed by atoms with Gasteiger partial charge in [0.1, 0.15) is 5.75 Å². The minimum absolute atomic E-state index is 0.482. The van der Waals surface area contributed by atoms with Crippen molar-refractivity contribution in [2.45, 2.75) is 33.1 Å². The summed E-state index contributed by atoms with van der Waals surface area (Å²) in [5, 5.41) is 0. The molecule has 2 rings (SSSR count). The number of hydrogen-bond donors (Lipinski definition) is 1. The second-order valence-electron chi connectivity index (χ2n) is 6.31. The van der Waals surface area contributed by atoms with Crippen LogP contribution in [0.5, 0.6) is 5.75 Å². The van der Waals surface area contributed by atoms with Gasteiger partial charge in [-0.3, -0.25) is 0 Å². The fourth-order valence-electron chi connectivity index (χ4n) is 2.78. The van der Waals surface area contributed by atoms with Crippen molar-refractivity contribution in [2.75, 3.05) is 32.0 Å². The smallest absolute Gasteiger partial charge is 0.119 e. The topological polar surface area (TPSA) is 38.5 Å². The minimum Gasteiger partial charge on any atom is -0.494 e. The van der Waals surface area contributed by atoms with Gasteiger partial charge in [0, 0.05) is 18.8 Å². The maximum Gasteiger partial charge on any atom is 0.119 e. The van der Waals surface area contributed by atoms with E-state index in [4.69, 9.17) is 10.5 Å². The predicted octanol–water partition coefficient (Wildman–Crippen LogP) is 3.16. The van der Waals surface area contributed by atoms with Crippen LogP contribution in [0.25, 0.3) is 0 Å². The lowest BCUT2D eigenvalue weighted by atomic mass is 9.84. The van der Waals surface area contributed by atoms with E-state index in [0.717, 1.165) is 31.0 Å². The lowest BCUT2D eigenvalue weighted by Gasteiger charge is -2.38. The number of ether oxygens (including phenoxy) is 1. The van der Waals surface area contributed by atoms with Crippen molar-refractivity contribution >= 4 is 5.69 Å². The highest BCUT2D eigenvalue weighted by atomic mass is 16.5. The average Bonchev–Trinajstić information content (AvgIpc) is 2.36. The number of piperidine rings is 1. The van der Waals surface area contributed by atoms with Crippen molar-refractivity contribution in [3.05, 3.63) is 24.3 Å². The number of hydrogen-bond acceptors (Lipinski definition) is 3. The third-order valence-corrected chi connectivity index (χ3v) is 3.75. The Bertz CT molecular complexity index is 386. The van der Waals surface area contributed by atoms with E-state index < -0.39 is 0 Å². The lowest BCUT2D eigenvalue weighted by Crippen LogP contribution is -2.40. The molecule has 1 aromatic rings. The Labute approximate surface area is 116 Å². The van der Waals surface area contributed by atoms with E-state index in [1.54, 1.807) is 0 Å². The molecule has 2 N–H and O–H groups in total. The first-order chi connectivity index (χ1) is 9.05. The highest BCUT2D eigenvalue weighted by molar-refractivity contribution is 5.41. The van der Waals surface area contributed by atoms with Gasteiger partial charge >= 0.3 is 0 Å². The van der Waals surface area contributed by atoms with Gasteiger partial charge in [0.05, 0.1) is 6.61 Å². The Kier molecular flexibility index (Phi) is 4.70. The van der Waals surface area contributed by atoms with Gasteiger partial charge in [-0.1, -0.05) is 13.8 Å². The van der Waals surface area contributed by atoms with Gasteiger partial charge in [0.25, 0.3) is 0 Å². The zero-order valence-corrected chi connectivity index (χ0v) is 12.2. The van der Waals surface area contributed by atoms with Crippen LogP contribution in [-0.4, -0.2) is 31.1 Å². The normalized spacial score (nSPS) is 19.3. The number of likely N-dealkylation sites (tertiary alicyclic amines) is 1. The SMILES string of the molecule is CC1(C)CCCN(CCCOc2ccc(N)cc2)C1. The van der Waals surface area contributed by atoms with Crippen LogP contribution >= 0.6 is 0 Å². The summed E-state index contributed by atoms with van der Waals surface area (Å²) < 4.78 is 5.72. The van der Waals surface area contributed by atoms with E-state index in [0.29, 0.717) is 5.41 Å². The molecule has 19 heavy (non-hydrogen) atoms. The zero-order valence-electron chi connectivity index (χ0n) is 12.2. The van der Waals surface area contributed by atoms with Crippen LogP contribution in [0.3, 0.4) is 0 Å². The van der Waals surface area contributed by atoms with Gasteiger partial charge in [0.2, 0.25) is 0 Å². The first-order valence-corrected chi connectivity index (χ1v) is 7.26. The monoisotopic (exact) mass is 262 g/mol. The summed E-state index contributed by atoms with van der Waals surface area (Å²) in [6.45, 7) is 9.10. The maximum absolute atomic E-state index is 5.72. The van der Waals surface area contributed by atoms with Crippen molar-refractivity contribution < 1.29 is 4.74 Å².